The Bertz CT molecular complexity index is 689. The predicted molar refractivity (Wildman–Crippen MR) is 93.4 cm³/mol. The van der Waals surface area contributed by atoms with Gasteiger partial charge in [-0.25, -0.2) is 9.97 Å². The van der Waals surface area contributed by atoms with Crippen LogP contribution in [0.5, 0.6) is 0 Å². The van der Waals surface area contributed by atoms with Gasteiger partial charge in [0.2, 0.25) is 5.91 Å². The Labute approximate surface area is 143 Å². The Kier molecular flexibility index (Phi) is 5.20. The van der Waals surface area contributed by atoms with Gasteiger partial charge in [0.15, 0.2) is 0 Å². The highest BCUT2D eigenvalue weighted by atomic mass is 16.2. The van der Waals surface area contributed by atoms with Crippen LogP contribution in [-0.4, -0.2) is 51.9 Å². The number of rotatable bonds is 5. The van der Waals surface area contributed by atoms with Crippen molar-refractivity contribution in [2.45, 2.75) is 32.4 Å². The van der Waals surface area contributed by atoms with Gasteiger partial charge in [-0.15, -0.1) is 0 Å². The Morgan fingerprint density at radius 1 is 1.29 bits per heavy atom. The van der Waals surface area contributed by atoms with Crippen LogP contribution < -0.4 is 0 Å². The van der Waals surface area contributed by atoms with E-state index in [-0.39, 0.29) is 5.91 Å². The zero-order valence-corrected chi connectivity index (χ0v) is 14.4. The molecule has 1 aromatic heterocycles. The summed E-state index contributed by atoms with van der Waals surface area (Å²) in [6, 6.07) is 10.4. The smallest absolute Gasteiger partial charge is 0.227 e. The second-order valence-electron chi connectivity index (χ2n) is 6.53. The quantitative estimate of drug-likeness (QED) is 0.845. The highest BCUT2D eigenvalue weighted by Crippen LogP contribution is 2.17. The molecule has 1 amide bonds. The lowest BCUT2D eigenvalue weighted by molar-refractivity contribution is -0.129. The molecule has 2 aromatic rings. The first kappa shape index (κ1) is 16.6. The molecule has 0 radical (unpaired) electrons. The van der Waals surface area contributed by atoms with E-state index in [9.17, 15) is 4.79 Å². The second kappa shape index (κ2) is 7.53. The van der Waals surface area contributed by atoms with E-state index in [0.717, 1.165) is 30.9 Å². The van der Waals surface area contributed by atoms with Crippen LogP contribution in [0.2, 0.25) is 0 Å². The molecule has 0 unspecified atom stereocenters. The fourth-order valence-electron chi connectivity index (χ4n) is 3.20. The minimum absolute atomic E-state index is 0.215. The molecule has 24 heavy (non-hydrogen) atoms. The summed E-state index contributed by atoms with van der Waals surface area (Å²) in [5.74, 6) is 1.04. The molecule has 1 aliphatic rings. The molecule has 126 valence electrons. The molecule has 0 saturated carbocycles. The topological polar surface area (TPSA) is 49.3 Å². The first-order chi connectivity index (χ1) is 11.6. The van der Waals surface area contributed by atoms with Gasteiger partial charge in [0.05, 0.1) is 13.0 Å². The second-order valence-corrected chi connectivity index (χ2v) is 6.53. The molecule has 0 N–H and O–H groups in total. The van der Waals surface area contributed by atoms with E-state index in [2.05, 4.69) is 41.0 Å². The van der Waals surface area contributed by atoms with Crippen molar-refractivity contribution in [2.24, 2.45) is 0 Å². The minimum Gasteiger partial charge on any atom is -0.341 e. The van der Waals surface area contributed by atoms with Crippen molar-refractivity contribution in [1.82, 2.24) is 19.8 Å². The van der Waals surface area contributed by atoms with Crippen LogP contribution in [0.3, 0.4) is 0 Å². The van der Waals surface area contributed by atoms with Crippen LogP contribution in [-0.2, 0) is 17.8 Å². The van der Waals surface area contributed by atoms with Crippen molar-refractivity contribution in [2.75, 3.05) is 20.1 Å². The van der Waals surface area contributed by atoms with Gasteiger partial charge in [0, 0.05) is 31.5 Å². The first-order valence-electron chi connectivity index (χ1n) is 8.41. The van der Waals surface area contributed by atoms with Gasteiger partial charge in [-0.2, -0.15) is 0 Å². The number of benzene rings is 1. The summed E-state index contributed by atoms with van der Waals surface area (Å²) in [4.78, 5) is 25.3. The number of hydrogen-bond donors (Lipinski definition) is 0. The molecule has 0 bridgehead atoms. The van der Waals surface area contributed by atoms with Gasteiger partial charge >= 0.3 is 0 Å². The molecule has 1 aliphatic heterocycles. The van der Waals surface area contributed by atoms with Crippen LogP contribution in [0.4, 0.5) is 0 Å². The maximum Gasteiger partial charge on any atom is 0.227 e. The summed E-state index contributed by atoms with van der Waals surface area (Å²) in [6.07, 6.45) is 5.02. The average Bonchev–Trinajstić information content (AvgIpc) is 3.06. The molecule has 1 aromatic carbocycles. The highest BCUT2D eigenvalue weighted by Gasteiger charge is 2.29. The lowest BCUT2D eigenvalue weighted by Crippen LogP contribution is -2.37. The summed E-state index contributed by atoms with van der Waals surface area (Å²) in [7, 11) is 2.08. The maximum absolute atomic E-state index is 12.5. The van der Waals surface area contributed by atoms with Crippen LogP contribution in [0.15, 0.2) is 42.7 Å². The van der Waals surface area contributed by atoms with Crippen molar-refractivity contribution in [3.8, 4) is 0 Å². The van der Waals surface area contributed by atoms with Crippen molar-refractivity contribution in [3.05, 3.63) is 59.7 Å². The predicted octanol–water partition coefficient (Wildman–Crippen LogP) is 2.06. The first-order valence-corrected chi connectivity index (χ1v) is 8.41. The standard InChI is InChI=1S/C19H24N4O/c1-15-5-3-6-16(11-15)12-19(24)23-10-7-17(13-23)22(2)14-18-20-8-4-9-21-18/h3-6,8-9,11,17H,7,10,12-14H2,1-2H3/t17-/m0/s1. The number of aromatic nitrogens is 2. The number of aryl methyl sites for hydroxylation is 1. The van der Waals surface area contributed by atoms with Gasteiger partial charge < -0.3 is 4.90 Å². The molecule has 0 aliphatic carbocycles. The monoisotopic (exact) mass is 324 g/mol. The number of likely N-dealkylation sites (N-methyl/N-ethyl adjacent to an activating group) is 1. The largest absolute Gasteiger partial charge is 0.341 e. The Morgan fingerprint density at radius 2 is 2.08 bits per heavy atom. The average molecular weight is 324 g/mol. The molecule has 0 spiro atoms. The summed E-state index contributed by atoms with van der Waals surface area (Å²) in [6.45, 7) is 4.38. The fourth-order valence-corrected chi connectivity index (χ4v) is 3.20. The summed E-state index contributed by atoms with van der Waals surface area (Å²) >= 11 is 0. The van der Waals surface area contributed by atoms with Gasteiger partial charge in [-0.3, -0.25) is 9.69 Å². The molecular weight excluding hydrogens is 300 g/mol. The third-order valence-corrected chi connectivity index (χ3v) is 4.59. The third-order valence-electron chi connectivity index (χ3n) is 4.59. The third kappa shape index (κ3) is 4.17. The molecule has 1 atom stereocenters. The van der Waals surface area contributed by atoms with Crippen molar-refractivity contribution < 1.29 is 4.79 Å². The fraction of sp³-hybridized carbons (Fsp3) is 0.421. The van der Waals surface area contributed by atoms with Crippen molar-refractivity contribution >= 4 is 5.91 Å². The normalized spacial score (nSPS) is 17.5. The zero-order chi connectivity index (χ0) is 16.9. The summed E-state index contributed by atoms with van der Waals surface area (Å²) in [5, 5.41) is 0. The maximum atomic E-state index is 12.5. The Balaban J connectivity index is 1.53. The molecule has 1 saturated heterocycles. The van der Waals surface area contributed by atoms with Crippen LogP contribution in [0, 0.1) is 6.92 Å². The van der Waals surface area contributed by atoms with Crippen LogP contribution in [0.25, 0.3) is 0 Å². The van der Waals surface area contributed by atoms with E-state index in [1.54, 1.807) is 12.4 Å². The number of carbonyl (C=O) groups is 1. The molecule has 5 nitrogen and oxygen atoms in total. The molecule has 1 fully saturated rings. The van der Waals surface area contributed by atoms with E-state index in [0.29, 0.717) is 19.0 Å². The number of hydrogen-bond acceptors (Lipinski definition) is 4. The number of nitrogens with zero attached hydrogens (tertiary/aromatic N) is 4. The molecule has 3 rings (SSSR count). The van der Waals surface area contributed by atoms with Gasteiger partial charge in [0.25, 0.3) is 0 Å². The van der Waals surface area contributed by atoms with Gasteiger partial charge in [0.1, 0.15) is 5.82 Å². The highest BCUT2D eigenvalue weighted by molar-refractivity contribution is 5.79. The van der Waals surface area contributed by atoms with Crippen molar-refractivity contribution in [1.29, 1.82) is 0 Å². The lowest BCUT2D eigenvalue weighted by atomic mass is 10.1. The van der Waals surface area contributed by atoms with Gasteiger partial charge in [-0.05, 0) is 32.0 Å². The van der Waals surface area contributed by atoms with Crippen LogP contribution in [0.1, 0.15) is 23.4 Å². The molecular formula is C19H24N4O. The SMILES string of the molecule is Cc1cccc(CC(=O)N2CC[C@H](N(C)Cc3ncccn3)C2)c1. The van der Waals surface area contributed by atoms with Crippen LogP contribution >= 0.6 is 0 Å². The summed E-state index contributed by atoms with van der Waals surface area (Å²) in [5.41, 5.74) is 2.29. The summed E-state index contributed by atoms with van der Waals surface area (Å²) < 4.78 is 0. The number of likely N-dealkylation sites (tertiary alicyclic amines) is 1. The lowest BCUT2D eigenvalue weighted by Gasteiger charge is -2.24. The Morgan fingerprint density at radius 3 is 2.83 bits per heavy atom. The zero-order valence-electron chi connectivity index (χ0n) is 14.4. The van der Waals surface area contributed by atoms with E-state index >= 15 is 0 Å². The van der Waals surface area contributed by atoms with E-state index in [1.165, 1.54) is 5.56 Å². The van der Waals surface area contributed by atoms with E-state index in [1.807, 2.05) is 23.1 Å². The molecule has 2 heterocycles. The Hall–Kier alpha value is -2.27. The minimum atomic E-state index is 0.215. The number of carbonyl (C=O) groups excluding carboxylic acids is 1. The van der Waals surface area contributed by atoms with Crippen molar-refractivity contribution in [3.63, 3.8) is 0 Å². The number of amides is 1. The van der Waals surface area contributed by atoms with Gasteiger partial charge in [-0.1, -0.05) is 29.8 Å². The van der Waals surface area contributed by atoms with E-state index < -0.39 is 0 Å². The molecule has 5 heteroatoms. The van der Waals surface area contributed by atoms with E-state index in [4.69, 9.17) is 0 Å².